The summed E-state index contributed by atoms with van der Waals surface area (Å²) in [5, 5.41) is 3.76. The Morgan fingerprint density at radius 3 is 2.88 bits per heavy atom. The lowest BCUT2D eigenvalue weighted by molar-refractivity contribution is 0.209. The molecule has 0 saturated heterocycles. The van der Waals surface area contributed by atoms with E-state index in [1.165, 1.54) is 44.1 Å². The third kappa shape index (κ3) is 3.25. The molecular weight excluding hydrogens is 210 g/mol. The van der Waals surface area contributed by atoms with Crippen molar-refractivity contribution >= 4 is 0 Å². The van der Waals surface area contributed by atoms with Gasteiger partial charge in [0.05, 0.1) is 12.9 Å². The normalized spacial score (nSPS) is 30.8. The van der Waals surface area contributed by atoms with Gasteiger partial charge in [0, 0.05) is 6.04 Å². The molecule has 2 aliphatic rings. The number of ether oxygens (including phenoxy) is 1. The largest absolute Gasteiger partial charge is 0.501 e. The summed E-state index contributed by atoms with van der Waals surface area (Å²) in [7, 11) is 0. The lowest BCUT2D eigenvalue weighted by Gasteiger charge is -2.31. The van der Waals surface area contributed by atoms with Gasteiger partial charge in [0.25, 0.3) is 0 Å². The number of nitrogens with one attached hydrogen (secondary N) is 1. The molecule has 98 valence electrons. The van der Waals surface area contributed by atoms with Gasteiger partial charge < -0.3 is 10.1 Å². The van der Waals surface area contributed by atoms with Gasteiger partial charge >= 0.3 is 0 Å². The van der Waals surface area contributed by atoms with Crippen molar-refractivity contribution in [3.05, 3.63) is 11.8 Å². The van der Waals surface area contributed by atoms with Crippen molar-refractivity contribution in [2.75, 3.05) is 13.2 Å². The van der Waals surface area contributed by atoms with E-state index in [0.717, 1.165) is 25.0 Å². The molecule has 2 nitrogen and oxygen atoms in total. The van der Waals surface area contributed by atoms with Crippen LogP contribution in [0.25, 0.3) is 0 Å². The zero-order valence-corrected chi connectivity index (χ0v) is 11.4. The Morgan fingerprint density at radius 2 is 2.29 bits per heavy atom. The molecule has 3 atom stereocenters. The Hall–Kier alpha value is -0.500. The highest BCUT2D eigenvalue weighted by Gasteiger charge is 2.33. The van der Waals surface area contributed by atoms with Gasteiger partial charge in [-0.2, -0.15) is 0 Å². The maximum Gasteiger partial charge on any atom is 0.0876 e. The maximum absolute atomic E-state index is 5.54. The maximum atomic E-state index is 5.54. The van der Waals surface area contributed by atoms with E-state index >= 15 is 0 Å². The van der Waals surface area contributed by atoms with Gasteiger partial charge in [-0.05, 0) is 49.6 Å². The van der Waals surface area contributed by atoms with Crippen molar-refractivity contribution in [2.45, 2.75) is 58.4 Å². The van der Waals surface area contributed by atoms with Crippen LogP contribution in [0.2, 0.25) is 0 Å². The highest BCUT2D eigenvalue weighted by molar-refractivity contribution is 5.13. The van der Waals surface area contributed by atoms with Gasteiger partial charge in [0.15, 0.2) is 0 Å². The Balaban J connectivity index is 2.03. The monoisotopic (exact) mass is 237 g/mol. The quantitative estimate of drug-likeness (QED) is 0.790. The predicted octanol–water partition coefficient (Wildman–Crippen LogP) is 3.49. The zero-order valence-electron chi connectivity index (χ0n) is 11.4. The van der Waals surface area contributed by atoms with Gasteiger partial charge in [0.1, 0.15) is 0 Å². The van der Waals surface area contributed by atoms with Crippen LogP contribution in [0.4, 0.5) is 0 Å². The molecule has 1 N–H and O–H groups in total. The summed E-state index contributed by atoms with van der Waals surface area (Å²) in [5.41, 5.74) is 1.52. The van der Waals surface area contributed by atoms with Gasteiger partial charge in [-0.1, -0.05) is 26.7 Å². The third-order valence-corrected chi connectivity index (χ3v) is 4.33. The van der Waals surface area contributed by atoms with Crippen molar-refractivity contribution in [3.63, 3.8) is 0 Å². The lowest BCUT2D eigenvalue weighted by Crippen LogP contribution is -2.40. The van der Waals surface area contributed by atoms with E-state index < -0.39 is 0 Å². The second kappa shape index (κ2) is 6.44. The highest BCUT2D eigenvalue weighted by atomic mass is 16.5. The van der Waals surface area contributed by atoms with Crippen molar-refractivity contribution in [3.8, 4) is 0 Å². The predicted molar refractivity (Wildman–Crippen MR) is 71.9 cm³/mol. The Kier molecular flexibility index (Phi) is 4.90. The molecule has 0 aromatic rings. The van der Waals surface area contributed by atoms with Crippen molar-refractivity contribution in [2.24, 2.45) is 11.8 Å². The first-order valence-electron chi connectivity index (χ1n) is 7.37. The number of rotatable bonds is 5. The highest BCUT2D eigenvalue weighted by Crippen LogP contribution is 2.37. The SMILES string of the molecule is CCCNC(C1=COCCC1)C1CCCC1C. The fourth-order valence-electron chi connectivity index (χ4n) is 3.34. The lowest BCUT2D eigenvalue weighted by atomic mass is 9.84. The molecule has 3 unspecified atom stereocenters. The van der Waals surface area contributed by atoms with Crippen molar-refractivity contribution in [1.82, 2.24) is 5.32 Å². The van der Waals surface area contributed by atoms with Crippen LogP contribution >= 0.6 is 0 Å². The topological polar surface area (TPSA) is 21.3 Å². The number of hydrogen-bond acceptors (Lipinski definition) is 2. The second-order valence-corrected chi connectivity index (χ2v) is 5.67. The average molecular weight is 237 g/mol. The van der Waals surface area contributed by atoms with Crippen LogP contribution in [0, 0.1) is 11.8 Å². The minimum Gasteiger partial charge on any atom is -0.501 e. The van der Waals surface area contributed by atoms with Crippen LogP contribution in [0.3, 0.4) is 0 Å². The van der Waals surface area contributed by atoms with E-state index in [-0.39, 0.29) is 0 Å². The van der Waals surface area contributed by atoms with E-state index in [0.29, 0.717) is 6.04 Å². The molecule has 2 rings (SSSR count). The standard InChI is InChI=1S/C15H27NO/c1-3-9-16-15(13-7-5-10-17-11-13)14-8-4-6-12(14)2/h11-12,14-16H,3-10H2,1-2H3. The zero-order chi connectivity index (χ0) is 12.1. The summed E-state index contributed by atoms with van der Waals surface area (Å²) in [6.45, 7) is 6.70. The molecule has 0 spiro atoms. The van der Waals surface area contributed by atoms with Crippen LogP contribution in [0.1, 0.15) is 52.4 Å². The average Bonchev–Trinajstić information content (AvgIpc) is 2.78. The van der Waals surface area contributed by atoms with Crippen LogP contribution in [0.5, 0.6) is 0 Å². The molecule has 1 aliphatic heterocycles. The minimum atomic E-state index is 0.577. The first-order valence-corrected chi connectivity index (χ1v) is 7.37. The molecule has 17 heavy (non-hydrogen) atoms. The molecule has 1 saturated carbocycles. The van der Waals surface area contributed by atoms with Crippen LogP contribution in [0.15, 0.2) is 11.8 Å². The molecule has 0 radical (unpaired) electrons. The summed E-state index contributed by atoms with van der Waals surface area (Å²) in [6.07, 6.45) is 9.88. The van der Waals surface area contributed by atoms with Gasteiger partial charge in [-0.15, -0.1) is 0 Å². The summed E-state index contributed by atoms with van der Waals surface area (Å²) < 4.78 is 5.54. The molecule has 0 aromatic carbocycles. The Bertz CT molecular complexity index is 262. The Labute approximate surface area is 106 Å². The van der Waals surface area contributed by atoms with Gasteiger partial charge in [0.2, 0.25) is 0 Å². The summed E-state index contributed by atoms with van der Waals surface area (Å²) in [5.74, 6) is 1.70. The smallest absolute Gasteiger partial charge is 0.0876 e. The van der Waals surface area contributed by atoms with E-state index in [2.05, 4.69) is 19.2 Å². The van der Waals surface area contributed by atoms with Crippen LogP contribution < -0.4 is 5.32 Å². The van der Waals surface area contributed by atoms with E-state index in [4.69, 9.17) is 4.74 Å². The molecule has 2 heteroatoms. The summed E-state index contributed by atoms with van der Waals surface area (Å²) in [6, 6.07) is 0.577. The molecule has 1 aliphatic carbocycles. The molecule has 0 bridgehead atoms. The van der Waals surface area contributed by atoms with Crippen molar-refractivity contribution < 1.29 is 4.74 Å². The van der Waals surface area contributed by atoms with Crippen molar-refractivity contribution in [1.29, 1.82) is 0 Å². The molecule has 0 aromatic heterocycles. The minimum absolute atomic E-state index is 0.577. The molecular formula is C15H27NO. The second-order valence-electron chi connectivity index (χ2n) is 5.67. The molecule has 0 amide bonds. The van der Waals surface area contributed by atoms with Crippen LogP contribution in [-0.4, -0.2) is 19.2 Å². The van der Waals surface area contributed by atoms with E-state index in [1.54, 1.807) is 0 Å². The molecule has 1 heterocycles. The van der Waals surface area contributed by atoms with Crippen LogP contribution in [-0.2, 0) is 4.74 Å². The first kappa shape index (κ1) is 12.9. The van der Waals surface area contributed by atoms with Gasteiger partial charge in [-0.3, -0.25) is 0 Å². The van der Waals surface area contributed by atoms with Gasteiger partial charge in [-0.25, -0.2) is 0 Å². The van der Waals surface area contributed by atoms with E-state index in [1.807, 2.05) is 6.26 Å². The summed E-state index contributed by atoms with van der Waals surface area (Å²) in [4.78, 5) is 0. The fourth-order valence-corrected chi connectivity index (χ4v) is 3.34. The first-order chi connectivity index (χ1) is 8.33. The fraction of sp³-hybridized carbons (Fsp3) is 0.867. The Morgan fingerprint density at radius 1 is 1.41 bits per heavy atom. The number of hydrogen-bond donors (Lipinski definition) is 1. The van der Waals surface area contributed by atoms with E-state index in [9.17, 15) is 0 Å². The molecule has 1 fully saturated rings. The summed E-state index contributed by atoms with van der Waals surface area (Å²) >= 11 is 0. The third-order valence-electron chi connectivity index (χ3n) is 4.33.